The summed E-state index contributed by atoms with van der Waals surface area (Å²) in [5, 5.41) is 9.55. The molecule has 1 aromatic carbocycles. The molecule has 2 aromatic heterocycles. The van der Waals surface area contributed by atoms with Gasteiger partial charge in [-0.3, -0.25) is 10.1 Å². The van der Waals surface area contributed by atoms with Crippen LogP contribution in [0.15, 0.2) is 29.4 Å². The smallest absolute Gasteiger partial charge is 0.325 e. The van der Waals surface area contributed by atoms with Crippen molar-refractivity contribution < 1.29 is 19.1 Å². The van der Waals surface area contributed by atoms with E-state index in [0.29, 0.717) is 28.1 Å². The van der Waals surface area contributed by atoms with Gasteiger partial charge in [0.25, 0.3) is 5.78 Å². The van der Waals surface area contributed by atoms with Gasteiger partial charge in [-0.15, -0.1) is 5.10 Å². The van der Waals surface area contributed by atoms with Crippen molar-refractivity contribution in [2.24, 2.45) is 0 Å². The van der Waals surface area contributed by atoms with Crippen LogP contribution in [0.4, 0.5) is 10.5 Å². The van der Waals surface area contributed by atoms with Gasteiger partial charge in [-0.05, 0) is 32.0 Å². The first-order valence-electron chi connectivity index (χ1n) is 8.32. The molecular formula is C17H16N6O4S. The Morgan fingerprint density at radius 2 is 2.00 bits per heavy atom. The van der Waals surface area contributed by atoms with Crippen LogP contribution in [0.25, 0.3) is 5.78 Å². The van der Waals surface area contributed by atoms with Crippen LogP contribution in [-0.4, -0.2) is 44.1 Å². The third-order valence-electron chi connectivity index (χ3n) is 3.81. The molecule has 144 valence electrons. The number of carbonyl (C=O) groups excluding carboxylic acids is 2. The van der Waals surface area contributed by atoms with Crippen LogP contribution in [0.5, 0.6) is 11.5 Å². The molecule has 3 aromatic rings. The summed E-state index contributed by atoms with van der Waals surface area (Å²) in [6, 6.07) is 6.22. The van der Waals surface area contributed by atoms with E-state index in [1.54, 1.807) is 22.7 Å². The fraction of sp³-hybridized carbons (Fsp3) is 0.235. The molecule has 1 aliphatic rings. The monoisotopic (exact) mass is 400 g/mol. The van der Waals surface area contributed by atoms with Gasteiger partial charge in [-0.1, -0.05) is 11.8 Å². The molecule has 0 spiro atoms. The maximum atomic E-state index is 12.0. The topological polar surface area (TPSA) is 120 Å². The van der Waals surface area contributed by atoms with Gasteiger partial charge in [-0.2, -0.15) is 4.98 Å². The Balaban J connectivity index is 1.32. The Morgan fingerprint density at radius 3 is 2.86 bits per heavy atom. The molecule has 0 radical (unpaired) electrons. The predicted molar refractivity (Wildman–Crippen MR) is 101 cm³/mol. The quantitative estimate of drug-likeness (QED) is 0.638. The van der Waals surface area contributed by atoms with Crippen molar-refractivity contribution in [3.05, 3.63) is 35.7 Å². The molecule has 0 aliphatic carbocycles. The SMILES string of the molecule is Cc1cc(C)n2nc(SCC(=O)NC(=O)Nc3ccc4c(c3)OCO4)nc2n1. The molecule has 0 fully saturated rings. The molecule has 0 bridgehead atoms. The van der Waals surface area contributed by atoms with E-state index in [0.717, 1.165) is 23.1 Å². The first-order chi connectivity index (χ1) is 13.5. The predicted octanol–water partition coefficient (Wildman–Crippen LogP) is 1.91. The number of ether oxygens (including phenoxy) is 2. The number of aromatic nitrogens is 4. The molecule has 28 heavy (non-hydrogen) atoms. The normalized spacial score (nSPS) is 12.2. The van der Waals surface area contributed by atoms with Crippen LogP contribution >= 0.6 is 11.8 Å². The van der Waals surface area contributed by atoms with Gasteiger partial charge in [0.05, 0.1) is 5.75 Å². The number of aryl methyl sites for hydroxylation is 2. The van der Waals surface area contributed by atoms with Crippen LogP contribution in [0.2, 0.25) is 0 Å². The average molecular weight is 400 g/mol. The Labute approximate surface area is 163 Å². The van der Waals surface area contributed by atoms with Crippen molar-refractivity contribution in [3.8, 4) is 11.5 Å². The molecule has 2 N–H and O–H groups in total. The van der Waals surface area contributed by atoms with Gasteiger partial charge in [0, 0.05) is 23.1 Å². The number of fused-ring (bicyclic) bond motifs is 2. The fourth-order valence-corrected chi connectivity index (χ4v) is 3.26. The second kappa shape index (κ2) is 7.35. The Hall–Kier alpha value is -3.34. The van der Waals surface area contributed by atoms with Gasteiger partial charge in [0.2, 0.25) is 17.9 Å². The summed E-state index contributed by atoms with van der Waals surface area (Å²) in [5.74, 6) is 1.14. The first kappa shape index (κ1) is 18.0. The van der Waals surface area contributed by atoms with E-state index in [-0.39, 0.29) is 12.5 Å². The third-order valence-corrected chi connectivity index (χ3v) is 4.65. The van der Waals surface area contributed by atoms with Crippen LogP contribution in [0.1, 0.15) is 11.4 Å². The molecule has 0 unspecified atom stereocenters. The van der Waals surface area contributed by atoms with E-state index in [4.69, 9.17) is 9.47 Å². The number of carbonyl (C=O) groups is 2. The first-order valence-corrected chi connectivity index (χ1v) is 9.31. The lowest BCUT2D eigenvalue weighted by molar-refractivity contribution is -0.117. The van der Waals surface area contributed by atoms with Crippen LogP contribution in [0.3, 0.4) is 0 Å². The van der Waals surface area contributed by atoms with Crippen molar-refractivity contribution in [1.29, 1.82) is 0 Å². The molecule has 4 rings (SSSR count). The summed E-state index contributed by atoms with van der Waals surface area (Å²) >= 11 is 1.12. The lowest BCUT2D eigenvalue weighted by atomic mass is 10.3. The largest absolute Gasteiger partial charge is 0.454 e. The van der Waals surface area contributed by atoms with Gasteiger partial charge < -0.3 is 14.8 Å². The minimum absolute atomic E-state index is 0.0104. The molecule has 10 nitrogen and oxygen atoms in total. The molecule has 0 saturated heterocycles. The summed E-state index contributed by atoms with van der Waals surface area (Å²) in [5.41, 5.74) is 2.22. The number of hydrogen-bond donors (Lipinski definition) is 2. The Morgan fingerprint density at radius 1 is 1.18 bits per heavy atom. The number of anilines is 1. The molecule has 0 saturated carbocycles. The molecule has 0 atom stereocenters. The van der Waals surface area contributed by atoms with E-state index in [2.05, 4.69) is 25.7 Å². The van der Waals surface area contributed by atoms with Gasteiger partial charge >= 0.3 is 6.03 Å². The minimum Gasteiger partial charge on any atom is -0.454 e. The number of imide groups is 1. The minimum atomic E-state index is -0.638. The second-order valence-corrected chi connectivity index (χ2v) is 6.95. The standard InChI is InChI=1S/C17H16N6O4S/c1-9-5-10(2)23-15(18-9)21-17(22-23)28-7-14(24)20-16(25)19-11-3-4-12-13(6-11)27-8-26-12/h3-6H,7-8H2,1-2H3,(H2,19,20,24,25). The molecular weight excluding hydrogens is 384 g/mol. The van der Waals surface area contributed by atoms with E-state index in [1.807, 2.05) is 19.9 Å². The van der Waals surface area contributed by atoms with Gasteiger partial charge in [0.1, 0.15) is 0 Å². The highest BCUT2D eigenvalue weighted by atomic mass is 32.2. The number of nitrogens with zero attached hydrogens (tertiary/aromatic N) is 4. The van der Waals surface area contributed by atoms with Gasteiger partial charge in [-0.25, -0.2) is 14.3 Å². The molecule has 1 aliphatic heterocycles. The van der Waals surface area contributed by atoms with Crippen molar-refractivity contribution in [1.82, 2.24) is 24.9 Å². The third kappa shape index (κ3) is 3.83. The lowest BCUT2D eigenvalue weighted by Gasteiger charge is -2.07. The maximum Gasteiger partial charge on any atom is 0.325 e. The number of urea groups is 1. The molecule has 11 heteroatoms. The van der Waals surface area contributed by atoms with Crippen molar-refractivity contribution in [3.63, 3.8) is 0 Å². The van der Waals surface area contributed by atoms with Crippen molar-refractivity contribution in [2.75, 3.05) is 17.9 Å². The van der Waals surface area contributed by atoms with E-state index in [1.165, 1.54) is 0 Å². The summed E-state index contributed by atoms with van der Waals surface area (Å²) in [6.45, 7) is 3.92. The van der Waals surface area contributed by atoms with Crippen LogP contribution in [0, 0.1) is 13.8 Å². The van der Waals surface area contributed by atoms with E-state index >= 15 is 0 Å². The highest BCUT2D eigenvalue weighted by Gasteiger charge is 2.16. The summed E-state index contributed by atoms with van der Waals surface area (Å²) in [4.78, 5) is 32.6. The number of benzene rings is 1. The number of nitrogens with one attached hydrogen (secondary N) is 2. The Bertz CT molecular complexity index is 1080. The van der Waals surface area contributed by atoms with E-state index < -0.39 is 11.9 Å². The zero-order valence-corrected chi connectivity index (χ0v) is 15.9. The van der Waals surface area contributed by atoms with Crippen molar-refractivity contribution >= 4 is 35.2 Å². The van der Waals surface area contributed by atoms with Crippen molar-refractivity contribution in [2.45, 2.75) is 19.0 Å². The summed E-state index contributed by atoms with van der Waals surface area (Å²) in [6.07, 6.45) is 0. The zero-order valence-electron chi connectivity index (χ0n) is 15.1. The summed E-state index contributed by atoms with van der Waals surface area (Å²) < 4.78 is 12.1. The lowest BCUT2D eigenvalue weighted by Crippen LogP contribution is -2.35. The Kier molecular flexibility index (Phi) is 4.74. The number of amides is 3. The highest BCUT2D eigenvalue weighted by molar-refractivity contribution is 7.99. The second-order valence-electron chi connectivity index (χ2n) is 6.00. The number of hydrogen-bond acceptors (Lipinski definition) is 8. The van der Waals surface area contributed by atoms with Gasteiger partial charge in [0.15, 0.2) is 11.5 Å². The fourth-order valence-electron chi connectivity index (χ4n) is 2.64. The zero-order chi connectivity index (χ0) is 19.7. The summed E-state index contributed by atoms with van der Waals surface area (Å²) in [7, 11) is 0. The van der Waals surface area contributed by atoms with E-state index in [9.17, 15) is 9.59 Å². The molecule has 3 amide bonds. The highest BCUT2D eigenvalue weighted by Crippen LogP contribution is 2.34. The van der Waals surface area contributed by atoms with Crippen LogP contribution in [-0.2, 0) is 4.79 Å². The number of rotatable bonds is 4. The number of thioether (sulfide) groups is 1. The average Bonchev–Trinajstić information content (AvgIpc) is 3.25. The molecule has 3 heterocycles. The van der Waals surface area contributed by atoms with Crippen LogP contribution < -0.4 is 20.1 Å². The maximum absolute atomic E-state index is 12.0.